The van der Waals surface area contributed by atoms with Crippen LogP contribution in [0, 0.1) is 17.8 Å². The van der Waals surface area contributed by atoms with Crippen LogP contribution in [0.2, 0.25) is 0 Å². The summed E-state index contributed by atoms with van der Waals surface area (Å²) < 4.78 is 0. The number of rotatable bonds is 0. The molecule has 0 spiro atoms. The van der Waals surface area contributed by atoms with Crippen LogP contribution in [0.1, 0.15) is 32.1 Å². The van der Waals surface area contributed by atoms with Gasteiger partial charge >= 0.3 is 0 Å². The molecular weight excluding hydrogens is 134 g/mol. The molecule has 2 saturated carbocycles. The molecule has 60 valence electrons. The van der Waals surface area contributed by atoms with Crippen LogP contribution in [0.25, 0.3) is 0 Å². The molecule has 4 atom stereocenters. The second-order valence-electron chi connectivity index (χ2n) is 4.54. The van der Waals surface area contributed by atoms with Crippen LogP contribution in [-0.2, 0) is 0 Å². The lowest BCUT2D eigenvalue weighted by molar-refractivity contribution is 0.134. The van der Waals surface area contributed by atoms with Gasteiger partial charge in [0.25, 0.3) is 0 Å². The van der Waals surface area contributed by atoms with E-state index < -0.39 is 0 Å². The highest BCUT2D eigenvalue weighted by Crippen LogP contribution is 2.45. The number of hydrogen-bond donors (Lipinski definition) is 0. The van der Waals surface area contributed by atoms with Crippen molar-refractivity contribution in [2.75, 3.05) is 0 Å². The molecule has 3 bridgehead atoms. The van der Waals surface area contributed by atoms with Gasteiger partial charge in [-0.25, -0.2) is 0 Å². The lowest BCUT2D eigenvalue weighted by Gasteiger charge is -2.44. The first-order valence-corrected chi connectivity index (χ1v) is 4.95. The van der Waals surface area contributed by atoms with Gasteiger partial charge in [0.2, 0.25) is 0 Å². The Hall–Kier alpha value is -0.330. The summed E-state index contributed by atoms with van der Waals surface area (Å²) in [6.45, 7) is 0. The zero-order valence-electron chi connectivity index (χ0n) is 6.87. The van der Waals surface area contributed by atoms with Crippen LogP contribution in [0.15, 0.2) is 4.99 Å². The van der Waals surface area contributed by atoms with E-state index in [-0.39, 0.29) is 0 Å². The Bertz CT molecular complexity index is 197. The lowest BCUT2D eigenvalue weighted by atomic mass is 9.65. The van der Waals surface area contributed by atoms with Crippen LogP contribution in [0.5, 0.6) is 0 Å². The van der Waals surface area contributed by atoms with Crippen molar-refractivity contribution in [2.24, 2.45) is 22.7 Å². The highest BCUT2D eigenvalue weighted by Gasteiger charge is 2.39. The van der Waals surface area contributed by atoms with Crippen molar-refractivity contribution in [1.82, 2.24) is 0 Å². The second-order valence-corrected chi connectivity index (χ2v) is 4.54. The van der Waals surface area contributed by atoms with Crippen molar-refractivity contribution in [2.45, 2.75) is 38.1 Å². The monoisotopic (exact) mass is 149 g/mol. The first kappa shape index (κ1) is 6.22. The third-order valence-corrected chi connectivity index (χ3v) is 3.78. The zero-order valence-corrected chi connectivity index (χ0v) is 6.87. The largest absolute Gasteiger partial charge is 0.294 e. The van der Waals surface area contributed by atoms with Gasteiger partial charge in [-0.1, -0.05) is 0 Å². The molecule has 0 N–H and O–H groups in total. The van der Waals surface area contributed by atoms with Crippen LogP contribution < -0.4 is 0 Å². The highest BCUT2D eigenvalue weighted by atomic mass is 14.8. The standard InChI is InChI=1S/C10H15N/c1-2-10-9-4-7(1)3-8(5-9)6-11-10/h6-10H,1-5H2. The summed E-state index contributed by atoms with van der Waals surface area (Å²) in [6.07, 6.45) is 9.52. The first-order chi connectivity index (χ1) is 5.42. The normalized spacial score (nSPS) is 53.1. The Morgan fingerprint density at radius 3 is 3.09 bits per heavy atom. The maximum atomic E-state index is 4.65. The van der Waals surface area contributed by atoms with Crippen molar-refractivity contribution in [3.05, 3.63) is 0 Å². The fourth-order valence-corrected chi connectivity index (χ4v) is 3.28. The summed E-state index contributed by atoms with van der Waals surface area (Å²) in [6, 6.07) is 0.739. The predicted octanol–water partition coefficient (Wildman–Crippen LogP) is 2.27. The summed E-state index contributed by atoms with van der Waals surface area (Å²) in [5.74, 6) is 2.93. The summed E-state index contributed by atoms with van der Waals surface area (Å²) in [5.41, 5.74) is 0. The van der Waals surface area contributed by atoms with Gasteiger partial charge in [-0.2, -0.15) is 0 Å². The molecule has 0 aromatic carbocycles. The molecule has 1 nitrogen and oxygen atoms in total. The van der Waals surface area contributed by atoms with Gasteiger partial charge in [-0.15, -0.1) is 0 Å². The Morgan fingerprint density at radius 2 is 2.09 bits per heavy atom. The average Bonchev–Trinajstić information content (AvgIpc) is 2.01. The second kappa shape index (κ2) is 2.09. The summed E-state index contributed by atoms with van der Waals surface area (Å²) in [5, 5.41) is 0. The minimum atomic E-state index is 0.739. The molecule has 3 rings (SSSR count). The molecule has 1 heterocycles. The van der Waals surface area contributed by atoms with E-state index in [4.69, 9.17) is 0 Å². The number of nitrogens with zero attached hydrogens (tertiary/aromatic N) is 1. The molecule has 0 aromatic rings. The van der Waals surface area contributed by atoms with Crippen molar-refractivity contribution < 1.29 is 0 Å². The zero-order chi connectivity index (χ0) is 7.26. The van der Waals surface area contributed by atoms with E-state index in [9.17, 15) is 0 Å². The summed E-state index contributed by atoms with van der Waals surface area (Å²) in [7, 11) is 0. The number of aliphatic imine (C=N–C) groups is 1. The molecule has 4 unspecified atom stereocenters. The van der Waals surface area contributed by atoms with Gasteiger partial charge in [0, 0.05) is 6.21 Å². The first-order valence-electron chi connectivity index (χ1n) is 4.95. The Morgan fingerprint density at radius 1 is 1.09 bits per heavy atom. The third kappa shape index (κ3) is 0.863. The van der Waals surface area contributed by atoms with Gasteiger partial charge in [0.1, 0.15) is 0 Å². The number of fused-ring (bicyclic) bond motifs is 2. The third-order valence-electron chi connectivity index (χ3n) is 3.78. The molecule has 2 aliphatic carbocycles. The topological polar surface area (TPSA) is 12.4 Å². The van der Waals surface area contributed by atoms with Crippen LogP contribution in [0.4, 0.5) is 0 Å². The van der Waals surface area contributed by atoms with E-state index >= 15 is 0 Å². The molecule has 3 aliphatic rings. The quantitative estimate of drug-likeness (QED) is 0.501. The van der Waals surface area contributed by atoms with Crippen molar-refractivity contribution in [3.63, 3.8) is 0 Å². The van der Waals surface area contributed by atoms with Crippen LogP contribution in [-0.4, -0.2) is 12.3 Å². The van der Waals surface area contributed by atoms with E-state index in [1.54, 1.807) is 0 Å². The number of hydrogen-bond acceptors (Lipinski definition) is 1. The highest BCUT2D eigenvalue weighted by molar-refractivity contribution is 5.62. The minimum Gasteiger partial charge on any atom is -0.294 e. The predicted molar refractivity (Wildman–Crippen MR) is 45.8 cm³/mol. The molecule has 0 aromatic heterocycles. The van der Waals surface area contributed by atoms with E-state index in [1.807, 2.05) is 0 Å². The van der Waals surface area contributed by atoms with Gasteiger partial charge < -0.3 is 0 Å². The van der Waals surface area contributed by atoms with Crippen molar-refractivity contribution in [1.29, 1.82) is 0 Å². The Labute approximate surface area is 67.9 Å². The minimum absolute atomic E-state index is 0.739. The maximum absolute atomic E-state index is 4.65. The van der Waals surface area contributed by atoms with E-state index in [0.29, 0.717) is 0 Å². The van der Waals surface area contributed by atoms with E-state index in [2.05, 4.69) is 11.2 Å². The van der Waals surface area contributed by atoms with Gasteiger partial charge in [-0.05, 0) is 49.9 Å². The molecule has 2 fully saturated rings. The Kier molecular flexibility index (Phi) is 1.18. The van der Waals surface area contributed by atoms with Crippen LogP contribution >= 0.6 is 0 Å². The molecule has 1 heteroatoms. The molecular formula is C10H15N. The Balaban J connectivity index is 1.97. The molecule has 0 saturated heterocycles. The molecule has 11 heavy (non-hydrogen) atoms. The van der Waals surface area contributed by atoms with Gasteiger partial charge in [-0.3, -0.25) is 4.99 Å². The van der Waals surface area contributed by atoms with E-state index in [0.717, 1.165) is 23.8 Å². The molecule has 0 radical (unpaired) electrons. The van der Waals surface area contributed by atoms with Gasteiger partial charge in [0.05, 0.1) is 6.04 Å². The summed E-state index contributed by atoms with van der Waals surface area (Å²) >= 11 is 0. The fraction of sp³-hybridized carbons (Fsp3) is 0.900. The van der Waals surface area contributed by atoms with Crippen LogP contribution in [0.3, 0.4) is 0 Å². The fourth-order valence-electron chi connectivity index (χ4n) is 3.28. The SMILES string of the molecule is C1=NC2CCC3CC1CC2C3. The van der Waals surface area contributed by atoms with Crippen molar-refractivity contribution in [3.8, 4) is 0 Å². The molecule has 1 aliphatic heterocycles. The maximum Gasteiger partial charge on any atom is 0.0524 e. The smallest absolute Gasteiger partial charge is 0.0524 e. The summed E-state index contributed by atoms with van der Waals surface area (Å²) in [4.78, 5) is 4.65. The van der Waals surface area contributed by atoms with Gasteiger partial charge in [0.15, 0.2) is 0 Å². The lowest BCUT2D eigenvalue weighted by Crippen LogP contribution is -2.39. The average molecular weight is 149 g/mol. The molecule has 0 amide bonds. The van der Waals surface area contributed by atoms with E-state index in [1.165, 1.54) is 32.1 Å². The van der Waals surface area contributed by atoms with Crippen molar-refractivity contribution >= 4 is 6.21 Å².